The van der Waals surface area contributed by atoms with E-state index in [1.54, 1.807) is 0 Å². The van der Waals surface area contributed by atoms with Crippen molar-refractivity contribution in [3.8, 4) is 0 Å². The number of rotatable bonds is 8. The molecule has 0 heterocycles. The highest BCUT2D eigenvalue weighted by atomic mass is 16.2. The standard InChI is InChI=1S/C12H27N3O/c1-5-11(4)14-12(16)9-15(6-2)8-10(3)7-13/h10-11H,5-9,13H2,1-4H3,(H,14,16). The van der Waals surface area contributed by atoms with E-state index in [1.807, 2.05) is 6.92 Å². The summed E-state index contributed by atoms with van der Waals surface area (Å²) in [7, 11) is 0. The molecule has 0 aliphatic heterocycles. The molecule has 16 heavy (non-hydrogen) atoms. The van der Waals surface area contributed by atoms with Gasteiger partial charge < -0.3 is 11.1 Å². The topological polar surface area (TPSA) is 58.4 Å². The minimum Gasteiger partial charge on any atom is -0.353 e. The molecule has 0 aliphatic rings. The van der Waals surface area contributed by atoms with Crippen LogP contribution in [-0.4, -0.2) is 43.0 Å². The van der Waals surface area contributed by atoms with Crippen LogP contribution in [0.3, 0.4) is 0 Å². The molecule has 0 rings (SSSR count). The average molecular weight is 229 g/mol. The van der Waals surface area contributed by atoms with E-state index in [1.165, 1.54) is 0 Å². The van der Waals surface area contributed by atoms with Gasteiger partial charge in [0.1, 0.15) is 0 Å². The van der Waals surface area contributed by atoms with Crippen LogP contribution in [0.15, 0.2) is 0 Å². The second kappa shape index (κ2) is 8.53. The molecule has 0 aromatic carbocycles. The smallest absolute Gasteiger partial charge is 0.234 e. The normalized spacial score (nSPS) is 14.9. The number of nitrogens with one attached hydrogen (secondary N) is 1. The maximum atomic E-state index is 11.7. The van der Waals surface area contributed by atoms with Crippen molar-refractivity contribution in [1.82, 2.24) is 10.2 Å². The fourth-order valence-electron chi connectivity index (χ4n) is 1.45. The van der Waals surface area contributed by atoms with Crippen LogP contribution in [0.2, 0.25) is 0 Å². The molecule has 0 fully saturated rings. The Hall–Kier alpha value is -0.610. The summed E-state index contributed by atoms with van der Waals surface area (Å²) >= 11 is 0. The van der Waals surface area contributed by atoms with Crippen LogP contribution >= 0.6 is 0 Å². The molecule has 0 radical (unpaired) electrons. The van der Waals surface area contributed by atoms with Crippen molar-refractivity contribution < 1.29 is 4.79 Å². The van der Waals surface area contributed by atoms with E-state index in [-0.39, 0.29) is 11.9 Å². The molecule has 2 unspecified atom stereocenters. The third-order valence-corrected chi connectivity index (χ3v) is 2.81. The lowest BCUT2D eigenvalue weighted by Gasteiger charge is -2.23. The van der Waals surface area contributed by atoms with Crippen molar-refractivity contribution in [2.45, 2.75) is 40.2 Å². The molecule has 0 aliphatic carbocycles. The monoisotopic (exact) mass is 229 g/mol. The molecule has 0 aromatic rings. The van der Waals surface area contributed by atoms with Gasteiger partial charge in [-0.2, -0.15) is 0 Å². The quantitative estimate of drug-likeness (QED) is 0.648. The highest BCUT2D eigenvalue weighted by Crippen LogP contribution is 1.98. The SMILES string of the molecule is CCC(C)NC(=O)CN(CC)CC(C)CN. The van der Waals surface area contributed by atoms with Crippen LogP contribution in [-0.2, 0) is 4.79 Å². The number of nitrogens with zero attached hydrogens (tertiary/aromatic N) is 1. The van der Waals surface area contributed by atoms with Gasteiger partial charge in [0.15, 0.2) is 0 Å². The Balaban J connectivity index is 3.96. The maximum Gasteiger partial charge on any atom is 0.234 e. The molecular formula is C12H27N3O. The van der Waals surface area contributed by atoms with Crippen molar-refractivity contribution in [2.75, 3.05) is 26.2 Å². The van der Waals surface area contributed by atoms with E-state index in [0.717, 1.165) is 19.5 Å². The summed E-state index contributed by atoms with van der Waals surface area (Å²) in [5, 5.41) is 2.97. The molecular weight excluding hydrogens is 202 g/mol. The van der Waals surface area contributed by atoms with Gasteiger partial charge in [-0.1, -0.05) is 20.8 Å². The molecule has 0 spiro atoms. The van der Waals surface area contributed by atoms with Crippen LogP contribution in [0.5, 0.6) is 0 Å². The van der Waals surface area contributed by atoms with Crippen LogP contribution in [0.1, 0.15) is 34.1 Å². The number of carbonyl (C=O) groups is 1. The van der Waals surface area contributed by atoms with Gasteiger partial charge in [0, 0.05) is 12.6 Å². The van der Waals surface area contributed by atoms with Gasteiger partial charge in [-0.05, 0) is 32.4 Å². The first-order chi connectivity index (χ1) is 7.53. The number of nitrogens with two attached hydrogens (primary N) is 1. The molecule has 0 aromatic heterocycles. The van der Waals surface area contributed by atoms with Gasteiger partial charge in [-0.15, -0.1) is 0 Å². The van der Waals surface area contributed by atoms with Gasteiger partial charge in [0.2, 0.25) is 5.91 Å². The summed E-state index contributed by atoms with van der Waals surface area (Å²) in [6.45, 7) is 11.2. The fourth-order valence-corrected chi connectivity index (χ4v) is 1.45. The number of hydrogen-bond donors (Lipinski definition) is 2. The van der Waals surface area contributed by atoms with Crippen molar-refractivity contribution in [3.63, 3.8) is 0 Å². The average Bonchev–Trinajstić information content (AvgIpc) is 2.27. The Morgan fingerprint density at radius 1 is 1.38 bits per heavy atom. The first kappa shape index (κ1) is 15.4. The van der Waals surface area contributed by atoms with Gasteiger partial charge in [-0.3, -0.25) is 9.69 Å². The molecule has 1 amide bonds. The Labute approximate surface area is 99.6 Å². The number of amides is 1. The molecule has 0 bridgehead atoms. The minimum absolute atomic E-state index is 0.112. The summed E-state index contributed by atoms with van der Waals surface area (Å²) in [4.78, 5) is 13.8. The summed E-state index contributed by atoms with van der Waals surface area (Å²) < 4.78 is 0. The van der Waals surface area contributed by atoms with E-state index in [4.69, 9.17) is 5.73 Å². The molecule has 96 valence electrons. The maximum absolute atomic E-state index is 11.7. The summed E-state index contributed by atoms with van der Waals surface area (Å²) in [5.74, 6) is 0.553. The van der Waals surface area contributed by atoms with E-state index in [0.29, 0.717) is 19.0 Å². The van der Waals surface area contributed by atoms with E-state index in [2.05, 4.69) is 31.0 Å². The second-order valence-electron chi connectivity index (χ2n) is 4.55. The van der Waals surface area contributed by atoms with Gasteiger partial charge >= 0.3 is 0 Å². The van der Waals surface area contributed by atoms with Gasteiger partial charge in [-0.25, -0.2) is 0 Å². The molecule has 0 saturated heterocycles. The second-order valence-corrected chi connectivity index (χ2v) is 4.55. The molecule has 4 heteroatoms. The Kier molecular flexibility index (Phi) is 8.21. The number of likely N-dealkylation sites (N-methyl/N-ethyl adjacent to an activating group) is 1. The number of carbonyl (C=O) groups excluding carboxylic acids is 1. The zero-order valence-electron chi connectivity index (χ0n) is 11.1. The third kappa shape index (κ3) is 6.80. The van der Waals surface area contributed by atoms with E-state index in [9.17, 15) is 4.79 Å². The van der Waals surface area contributed by atoms with Gasteiger partial charge in [0.05, 0.1) is 6.54 Å². The Morgan fingerprint density at radius 2 is 2.00 bits per heavy atom. The van der Waals surface area contributed by atoms with Gasteiger partial charge in [0.25, 0.3) is 0 Å². The van der Waals surface area contributed by atoms with Crippen LogP contribution in [0, 0.1) is 5.92 Å². The molecule has 0 saturated carbocycles. The Bertz CT molecular complexity index is 197. The van der Waals surface area contributed by atoms with Crippen molar-refractivity contribution in [1.29, 1.82) is 0 Å². The van der Waals surface area contributed by atoms with Crippen molar-refractivity contribution in [3.05, 3.63) is 0 Å². The number of hydrogen-bond acceptors (Lipinski definition) is 3. The zero-order valence-corrected chi connectivity index (χ0v) is 11.1. The molecule has 4 nitrogen and oxygen atoms in total. The zero-order chi connectivity index (χ0) is 12.6. The minimum atomic E-state index is 0.112. The lowest BCUT2D eigenvalue weighted by atomic mass is 10.1. The summed E-state index contributed by atoms with van der Waals surface area (Å²) in [6.07, 6.45) is 0.969. The van der Waals surface area contributed by atoms with Crippen molar-refractivity contribution in [2.24, 2.45) is 11.7 Å². The van der Waals surface area contributed by atoms with E-state index < -0.39 is 0 Å². The lowest BCUT2D eigenvalue weighted by molar-refractivity contribution is -0.122. The fraction of sp³-hybridized carbons (Fsp3) is 0.917. The van der Waals surface area contributed by atoms with Crippen LogP contribution in [0.4, 0.5) is 0 Å². The van der Waals surface area contributed by atoms with Crippen molar-refractivity contribution >= 4 is 5.91 Å². The largest absolute Gasteiger partial charge is 0.353 e. The third-order valence-electron chi connectivity index (χ3n) is 2.81. The first-order valence-corrected chi connectivity index (χ1v) is 6.25. The highest BCUT2D eigenvalue weighted by Gasteiger charge is 2.12. The van der Waals surface area contributed by atoms with E-state index >= 15 is 0 Å². The lowest BCUT2D eigenvalue weighted by Crippen LogP contribution is -2.42. The first-order valence-electron chi connectivity index (χ1n) is 6.25. The highest BCUT2D eigenvalue weighted by molar-refractivity contribution is 5.78. The summed E-state index contributed by atoms with van der Waals surface area (Å²) in [6, 6.07) is 0.262. The predicted octanol–water partition coefficient (Wildman–Crippen LogP) is 0.818. The van der Waals surface area contributed by atoms with Crippen LogP contribution < -0.4 is 11.1 Å². The Morgan fingerprint density at radius 3 is 2.44 bits per heavy atom. The molecule has 3 N–H and O–H groups in total. The summed E-state index contributed by atoms with van der Waals surface area (Å²) in [5.41, 5.74) is 5.58. The predicted molar refractivity (Wildman–Crippen MR) is 68.2 cm³/mol. The molecule has 2 atom stereocenters. The van der Waals surface area contributed by atoms with Crippen LogP contribution in [0.25, 0.3) is 0 Å².